The zero-order valence-corrected chi connectivity index (χ0v) is 15.4. The van der Waals surface area contributed by atoms with E-state index in [0.717, 1.165) is 44.5 Å². The second kappa shape index (κ2) is 7.26. The highest BCUT2D eigenvalue weighted by Crippen LogP contribution is 2.40. The van der Waals surface area contributed by atoms with Crippen molar-refractivity contribution in [3.05, 3.63) is 52.5 Å². The molecule has 0 saturated carbocycles. The summed E-state index contributed by atoms with van der Waals surface area (Å²) >= 11 is 1.77. The van der Waals surface area contributed by atoms with Crippen molar-refractivity contribution in [3.63, 3.8) is 0 Å². The molecule has 0 unspecified atom stereocenters. The summed E-state index contributed by atoms with van der Waals surface area (Å²) in [5, 5.41) is 4.40. The molecule has 0 aromatic carbocycles. The van der Waals surface area contributed by atoms with Gasteiger partial charge in [-0.1, -0.05) is 6.07 Å². The van der Waals surface area contributed by atoms with E-state index in [2.05, 4.69) is 37.7 Å². The molecule has 2 fully saturated rings. The quantitative estimate of drug-likeness (QED) is 0.839. The maximum Gasteiger partial charge on any atom is 0.223 e. The van der Waals surface area contributed by atoms with Gasteiger partial charge in [-0.2, -0.15) is 11.3 Å². The lowest BCUT2D eigenvalue weighted by atomic mass is 9.87. The number of carbonyl (C=O) groups excluding carboxylic acids is 1. The molecule has 2 aliphatic heterocycles. The molecule has 2 aromatic heterocycles. The average Bonchev–Trinajstić information content (AvgIpc) is 3.18. The van der Waals surface area contributed by atoms with Gasteiger partial charge in [-0.3, -0.25) is 14.7 Å². The maximum absolute atomic E-state index is 12.6. The highest BCUT2D eigenvalue weighted by Gasteiger charge is 2.45. The minimum atomic E-state index is 0.0519. The van der Waals surface area contributed by atoms with Crippen LogP contribution in [0.4, 0.5) is 0 Å². The zero-order valence-electron chi connectivity index (χ0n) is 14.6. The first kappa shape index (κ1) is 16.7. The third kappa shape index (κ3) is 3.62. The fourth-order valence-corrected chi connectivity index (χ4v) is 5.02. The van der Waals surface area contributed by atoms with Crippen LogP contribution in [0.2, 0.25) is 0 Å². The van der Waals surface area contributed by atoms with E-state index in [0.29, 0.717) is 18.9 Å². The van der Waals surface area contributed by atoms with E-state index in [1.807, 2.05) is 12.3 Å². The van der Waals surface area contributed by atoms with Crippen molar-refractivity contribution in [2.75, 3.05) is 13.1 Å². The third-order valence-electron chi connectivity index (χ3n) is 5.74. The van der Waals surface area contributed by atoms with Crippen LogP contribution < -0.4 is 0 Å². The first-order valence-electron chi connectivity index (χ1n) is 9.18. The number of aromatic nitrogens is 1. The Labute approximate surface area is 153 Å². The smallest absolute Gasteiger partial charge is 0.223 e. The predicted molar refractivity (Wildman–Crippen MR) is 100 cm³/mol. The van der Waals surface area contributed by atoms with Gasteiger partial charge >= 0.3 is 0 Å². The number of likely N-dealkylation sites (tertiary alicyclic amines) is 2. The molecule has 25 heavy (non-hydrogen) atoms. The van der Waals surface area contributed by atoms with Crippen molar-refractivity contribution in [1.82, 2.24) is 14.8 Å². The van der Waals surface area contributed by atoms with Crippen LogP contribution in [0.15, 0.2) is 41.4 Å². The van der Waals surface area contributed by atoms with Crippen molar-refractivity contribution < 1.29 is 4.79 Å². The molecule has 5 heteroatoms. The molecule has 0 N–H and O–H groups in total. The van der Waals surface area contributed by atoms with Crippen LogP contribution in [0.25, 0.3) is 0 Å². The zero-order chi connectivity index (χ0) is 17.1. The average molecular weight is 356 g/mol. The molecule has 0 aliphatic carbocycles. The van der Waals surface area contributed by atoms with Crippen LogP contribution in [0.3, 0.4) is 0 Å². The summed E-state index contributed by atoms with van der Waals surface area (Å²) in [6.45, 7) is 3.95. The summed E-state index contributed by atoms with van der Waals surface area (Å²) in [6, 6.07) is 6.25. The van der Waals surface area contributed by atoms with E-state index in [1.54, 1.807) is 17.5 Å². The lowest BCUT2D eigenvalue weighted by Crippen LogP contribution is -2.45. The lowest BCUT2D eigenvalue weighted by molar-refractivity contribution is -0.132. The highest BCUT2D eigenvalue weighted by molar-refractivity contribution is 7.07. The van der Waals surface area contributed by atoms with Crippen molar-refractivity contribution in [2.45, 2.75) is 50.7 Å². The summed E-state index contributed by atoms with van der Waals surface area (Å²) < 4.78 is 0. The summed E-state index contributed by atoms with van der Waals surface area (Å²) in [7, 11) is 0. The van der Waals surface area contributed by atoms with E-state index in [1.165, 1.54) is 12.0 Å². The fraction of sp³-hybridized carbons (Fsp3) is 0.500. The molecule has 1 atom stereocenters. The summed E-state index contributed by atoms with van der Waals surface area (Å²) in [4.78, 5) is 21.5. The Morgan fingerprint density at radius 3 is 2.88 bits per heavy atom. The Morgan fingerprint density at radius 1 is 1.12 bits per heavy atom. The predicted octanol–water partition coefficient (Wildman–Crippen LogP) is 3.69. The first-order chi connectivity index (χ1) is 12.3. The van der Waals surface area contributed by atoms with Crippen LogP contribution in [-0.2, 0) is 17.9 Å². The molecule has 2 saturated heterocycles. The maximum atomic E-state index is 12.6. The monoisotopic (exact) mass is 355 g/mol. The van der Waals surface area contributed by atoms with Crippen LogP contribution in [0.1, 0.15) is 43.2 Å². The topological polar surface area (TPSA) is 36.4 Å². The fourth-order valence-electron chi connectivity index (χ4n) is 4.36. The van der Waals surface area contributed by atoms with Crippen molar-refractivity contribution in [2.24, 2.45) is 0 Å². The number of carbonyl (C=O) groups is 1. The van der Waals surface area contributed by atoms with Crippen LogP contribution >= 0.6 is 11.3 Å². The molecule has 1 amide bonds. The van der Waals surface area contributed by atoms with Crippen LogP contribution in [0, 0.1) is 0 Å². The van der Waals surface area contributed by atoms with E-state index in [4.69, 9.17) is 0 Å². The number of amides is 1. The van der Waals surface area contributed by atoms with Crippen molar-refractivity contribution in [3.8, 4) is 0 Å². The largest absolute Gasteiger partial charge is 0.333 e. The SMILES string of the molecule is O=C1CC[C@]2(CCCN(Cc3ccsc3)CC2)N1Cc1cccnc1. The molecule has 0 radical (unpaired) electrons. The Hall–Kier alpha value is -1.72. The van der Waals surface area contributed by atoms with Crippen molar-refractivity contribution in [1.29, 1.82) is 0 Å². The second-order valence-electron chi connectivity index (χ2n) is 7.33. The first-order valence-corrected chi connectivity index (χ1v) is 10.1. The van der Waals surface area contributed by atoms with E-state index < -0.39 is 0 Å². The minimum absolute atomic E-state index is 0.0519. The van der Waals surface area contributed by atoms with E-state index >= 15 is 0 Å². The number of nitrogens with zero attached hydrogens (tertiary/aromatic N) is 3. The molecule has 4 rings (SSSR count). The van der Waals surface area contributed by atoms with E-state index in [-0.39, 0.29) is 5.54 Å². The number of hydrogen-bond donors (Lipinski definition) is 0. The standard InChI is InChI=1S/C20H25N3OS/c24-19-4-7-20(23(19)15-17-3-1-9-21-13-17)6-2-10-22(11-8-20)14-18-5-12-25-16-18/h1,3,5,9,12-13,16H,2,4,6-8,10-11,14-15H2/t20-/m0/s1. The number of rotatable bonds is 4. The van der Waals surface area contributed by atoms with Gasteiger partial charge in [0.1, 0.15) is 0 Å². The van der Waals surface area contributed by atoms with Gasteiger partial charge in [-0.25, -0.2) is 0 Å². The molecule has 132 valence electrons. The Balaban J connectivity index is 1.47. The van der Waals surface area contributed by atoms with Gasteiger partial charge in [0.05, 0.1) is 0 Å². The highest BCUT2D eigenvalue weighted by atomic mass is 32.1. The van der Waals surface area contributed by atoms with Gasteiger partial charge in [-0.05, 0) is 66.2 Å². The number of pyridine rings is 1. The van der Waals surface area contributed by atoms with Gasteiger partial charge in [0.25, 0.3) is 0 Å². The molecule has 2 aliphatic rings. The van der Waals surface area contributed by atoms with Crippen LogP contribution in [0.5, 0.6) is 0 Å². The second-order valence-corrected chi connectivity index (χ2v) is 8.11. The third-order valence-corrected chi connectivity index (χ3v) is 6.47. The van der Waals surface area contributed by atoms with E-state index in [9.17, 15) is 4.79 Å². The Bertz CT molecular complexity index is 703. The lowest BCUT2D eigenvalue weighted by Gasteiger charge is -2.38. The normalized spacial score (nSPS) is 24.8. The summed E-state index contributed by atoms with van der Waals surface area (Å²) in [5.74, 6) is 0.315. The minimum Gasteiger partial charge on any atom is -0.333 e. The van der Waals surface area contributed by atoms with Gasteiger partial charge < -0.3 is 4.90 Å². The summed E-state index contributed by atoms with van der Waals surface area (Å²) in [5.41, 5.74) is 2.60. The Kier molecular flexibility index (Phi) is 4.86. The van der Waals surface area contributed by atoms with Gasteiger partial charge in [0, 0.05) is 44.0 Å². The molecule has 0 bridgehead atoms. The van der Waals surface area contributed by atoms with Gasteiger partial charge in [0.15, 0.2) is 0 Å². The number of hydrogen-bond acceptors (Lipinski definition) is 4. The number of thiophene rings is 1. The van der Waals surface area contributed by atoms with Gasteiger partial charge in [-0.15, -0.1) is 0 Å². The molecule has 4 nitrogen and oxygen atoms in total. The summed E-state index contributed by atoms with van der Waals surface area (Å²) in [6.07, 6.45) is 8.77. The Morgan fingerprint density at radius 2 is 2.08 bits per heavy atom. The molecule has 4 heterocycles. The molecule has 1 spiro atoms. The van der Waals surface area contributed by atoms with Gasteiger partial charge in [0.2, 0.25) is 5.91 Å². The molecular formula is C20H25N3OS. The molecular weight excluding hydrogens is 330 g/mol. The van der Waals surface area contributed by atoms with Crippen molar-refractivity contribution >= 4 is 17.2 Å². The van der Waals surface area contributed by atoms with Crippen LogP contribution in [-0.4, -0.2) is 39.3 Å². The molecule has 2 aromatic rings.